The summed E-state index contributed by atoms with van der Waals surface area (Å²) in [7, 11) is 0. The number of aromatic carboxylic acids is 1. The molecule has 0 aliphatic heterocycles. The minimum absolute atomic E-state index is 0.0720. The summed E-state index contributed by atoms with van der Waals surface area (Å²) >= 11 is 5.72. The first kappa shape index (κ1) is 13.9. The smallest absolute Gasteiger partial charge is 0.337 e. The van der Waals surface area contributed by atoms with Crippen LogP contribution in [-0.4, -0.2) is 17.0 Å². The van der Waals surface area contributed by atoms with Crippen LogP contribution in [0.3, 0.4) is 0 Å². The zero-order chi connectivity index (χ0) is 14.5. The first-order chi connectivity index (χ1) is 9.56. The monoisotopic (exact) mass is 291 g/mol. The van der Waals surface area contributed by atoms with E-state index in [2.05, 4.69) is 5.32 Å². The average molecular weight is 292 g/mol. The van der Waals surface area contributed by atoms with E-state index in [1.54, 1.807) is 12.1 Å². The molecule has 1 heterocycles. The van der Waals surface area contributed by atoms with Crippen LogP contribution in [0.25, 0.3) is 6.08 Å². The Hall–Kier alpha value is -2.53. The van der Waals surface area contributed by atoms with Crippen molar-refractivity contribution in [3.05, 3.63) is 59.0 Å². The average Bonchev–Trinajstić information content (AvgIpc) is 2.91. The van der Waals surface area contributed by atoms with Crippen molar-refractivity contribution in [2.45, 2.75) is 0 Å². The van der Waals surface area contributed by atoms with Gasteiger partial charge in [-0.3, -0.25) is 4.79 Å². The standard InChI is InChI=1S/C14H10ClNO4/c15-9-3-5-12(11(8-9)14(18)19)16-13(17)6-4-10-2-1-7-20-10/h1-8H,(H,16,17)(H,18,19)/b6-4+. The van der Waals surface area contributed by atoms with Crippen LogP contribution in [0.4, 0.5) is 5.69 Å². The van der Waals surface area contributed by atoms with Gasteiger partial charge in [0.25, 0.3) is 0 Å². The first-order valence-electron chi connectivity index (χ1n) is 5.61. The van der Waals surface area contributed by atoms with Crippen molar-refractivity contribution in [2.24, 2.45) is 0 Å². The van der Waals surface area contributed by atoms with Gasteiger partial charge in [0, 0.05) is 11.1 Å². The lowest BCUT2D eigenvalue weighted by Crippen LogP contribution is -2.11. The molecule has 0 atom stereocenters. The number of amides is 1. The summed E-state index contributed by atoms with van der Waals surface area (Å²) in [6.45, 7) is 0. The van der Waals surface area contributed by atoms with Crippen molar-refractivity contribution < 1.29 is 19.1 Å². The largest absolute Gasteiger partial charge is 0.478 e. The maximum atomic E-state index is 11.7. The fourth-order valence-corrected chi connectivity index (χ4v) is 1.69. The third-order valence-corrected chi connectivity index (χ3v) is 2.65. The van der Waals surface area contributed by atoms with Crippen molar-refractivity contribution >= 4 is 35.2 Å². The molecule has 2 aromatic rings. The van der Waals surface area contributed by atoms with E-state index in [1.807, 2.05) is 0 Å². The lowest BCUT2D eigenvalue weighted by atomic mass is 10.2. The zero-order valence-corrected chi connectivity index (χ0v) is 10.9. The van der Waals surface area contributed by atoms with E-state index in [9.17, 15) is 9.59 Å². The van der Waals surface area contributed by atoms with Gasteiger partial charge in [0.1, 0.15) is 5.76 Å². The predicted octanol–water partition coefficient (Wildman–Crippen LogP) is 3.28. The second-order valence-electron chi connectivity index (χ2n) is 3.83. The molecule has 5 nitrogen and oxygen atoms in total. The van der Waals surface area contributed by atoms with Gasteiger partial charge in [0.15, 0.2) is 0 Å². The molecule has 102 valence electrons. The van der Waals surface area contributed by atoms with E-state index in [0.29, 0.717) is 5.76 Å². The van der Waals surface area contributed by atoms with Crippen molar-refractivity contribution in [2.75, 3.05) is 5.32 Å². The second kappa shape index (κ2) is 6.08. The minimum Gasteiger partial charge on any atom is -0.478 e. The summed E-state index contributed by atoms with van der Waals surface area (Å²) in [5, 5.41) is 11.8. The number of hydrogen-bond donors (Lipinski definition) is 2. The maximum absolute atomic E-state index is 11.7. The van der Waals surface area contributed by atoms with E-state index in [0.717, 1.165) is 0 Å². The number of halogens is 1. The SMILES string of the molecule is O=C(/C=C/c1ccco1)Nc1ccc(Cl)cc1C(=O)O. The van der Waals surface area contributed by atoms with Crippen molar-refractivity contribution in [3.63, 3.8) is 0 Å². The lowest BCUT2D eigenvalue weighted by Gasteiger charge is -2.06. The Balaban J connectivity index is 2.13. The molecule has 0 saturated heterocycles. The summed E-state index contributed by atoms with van der Waals surface area (Å²) in [4.78, 5) is 22.8. The Morgan fingerprint density at radius 3 is 2.75 bits per heavy atom. The maximum Gasteiger partial charge on any atom is 0.337 e. The molecule has 0 radical (unpaired) electrons. The molecule has 0 bridgehead atoms. The number of anilines is 1. The third kappa shape index (κ3) is 3.49. The Kier molecular flexibility index (Phi) is 4.22. The highest BCUT2D eigenvalue weighted by atomic mass is 35.5. The molecule has 1 amide bonds. The van der Waals surface area contributed by atoms with Gasteiger partial charge in [-0.25, -0.2) is 4.79 Å². The highest BCUT2D eigenvalue weighted by molar-refractivity contribution is 6.31. The molecular formula is C14H10ClNO4. The van der Waals surface area contributed by atoms with E-state index >= 15 is 0 Å². The van der Waals surface area contributed by atoms with Gasteiger partial charge in [-0.1, -0.05) is 11.6 Å². The Morgan fingerprint density at radius 1 is 1.30 bits per heavy atom. The number of carbonyl (C=O) groups excluding carboxylic acids is 1. The van der Waals surface area contributed by atoms with E-state index < -0.39 is 11.9 Å². The van der Waals surface area contributed by atoms with Crippen LogP contribution in [0.15, 0.2) is 47.1 Å². The molecule has 2 rings (SSSR count). The van der Waals surface area contributed by atoms with Crippen molar-refractivity contribution in [1.29, 1.82) is 0 Å². The minimum atomic E-state index is -1.17. The molecule has 6 heteroatoms. The summed E-state index contributed by atoms with van der Waals surface area (Å²) in [5.41, 5.74) is 0.105. The molecule has 0 fully saturated rings. The summed E-state index contributed by atoms with van der Waals surface area (Å²) < 4.78 is 5.03. The van der Waals surface area contributed by atoms with Crippen LogP contribution < -0.4 is 5.32 Å². The van der Waals surface area contributed by atoms with Gasteiger partial charge in [0.05, 0.1) is 17.5 Å². The second-order valence-corrected chi connectivity index (χ2v) is 4.27. The molecule has 0 spiro atoms. The van der Waals surface area contributed by atoms with Gasteiger partial charge in [0.2, 0.25) is 5.91 Å². The quantitative estimate of drug-likeness (QED) is 0.847. The van der Waals surface area contributed by atoms with Gasteiger partial charge >= 0.3 is 5.97 Å². The molecule has 0 unspecified atom stereocenters. The number of carboxylic acid groups (broad SMARTS) is 1. The number of rotatable bonds is 4. The van der Waals surface area contributed by atoms with Crippen LogP contribution in [0, 0.1) is 0 Å². The van der Waals surface area contributed by atoms with Gasteiger partial charge < -0.3 is 14.8 Å². The van der Waals surface area contributed by atoms with Gasteiger partial charge in [-0.2, -0.15) is 0 Å². The molecule has 1 aromatic carbocycles. The topological polar surface area (TPSA) is 79.5 Å². The molecule has 1 aromatic heterocycles. The number of benzene rings is 1. The lowest BCUT2D eigenvalue weighted by molar-refractivity contribution is -0.111. The molecule has 2 N–H and O–H groups in total. The van der Waals surface area contributed by atoms with Crippen molar-refractivity contribution in [1.82, 2.24) is 0 Å². The molecule has 20 heavy (non-hydrogen) atoms. The third-order valence-electron chi connectivity index (χ3n) is 2.41. The van der Waals surface area contributed by atoms with Crippen LogP contribution in [0.2, 0.25) is 5.02 Å². The van der Waals surface area contributed by atoms with E-state index in [1.165, 1.54) is 36.6 Å². The van der Waals surface area contributed by atoms with Gasteiger partial charge in [-0.15, -0.1) is 0 Å². The predicted molar refractivity (Wildman–Crippen MR) is 74.8 cm³/mol. The molecule has 0 aliphatic rings. The van der Waals surface area contributed by atoms with Crippen LogP contribution in [0.1, 0.15) is 16.1 Å². The van der Waals surface area contributed by atoms with Crippen LogP contribution in [-0.2, 0) is 4.79 Å². The number of carbonyl (C=O) groups is 2. The highest BCUT2D eigenvalue weighted by Gasteiger charge is 2.12. The van der Waals surface area contributed by atoms with E-state index in [4.69, 9.17) is 21.1 Å². The number of carboxylic acids is 1. The Morgan fingerprint density at radius 2 is 2.10 bits per heavy atom. The summed E-state index contributed by atoms with van der Waals surface area (Å²) in [5.74, 6) is -1.11. The highest BCUT2D eigenvalue weighted by Crippen LogP contribution is 2.20. The molecular weight excluding hydrogens is 282 g/mol. The van der Waals surface area contributed by atoms with Crippen LogP contribution in [0.5, 0.6) is 0 Å². The fraction of sp³-hybridized carbons (Fsp3) is 0. The summed E-state index contributed by atoms with van der Waals surface area (Å²) in [6.07, 6.45) is 4.21. The van der Waals surface area contributed by atoms with Crippen molar-refractivity contribution in [3.8, 4) is 0 Å². The first-order valence-corrected chi connectivity index (χ1v) is 5.99. The normalized spacial score (nSPS) is 10.7. The molecule has 0 aliphatic carbocycles. The van der Waals surface area contributed by atoms with Gasteiger partial charge in [-0.05, 0) is 36.4 Å². The number of nitrogens with one attached hydrogen (secondary N) is 1. The molecule has 0 saturated carbocycles. The number of furan rings is 1. The van der Waals surface area contributed by atoms with Crippen LogP contribution >= 0.6 is 11.6 Å². The fourth-order valence-electron chi connectivity index (χ4n) is 1.52. The summed E-state index contributed by atoms with van der Waals surface area (Å²) in [6, 6.07) is 7.59. The number of hydrogen-bond acceptors (Lipinski definition) is 3. The zero-order valence-electron chi connectivity index (χ0n) is 10.2. The Labute approximate surface area is 119 Å². The Bertz CT molecular complexity index is 662. The van der Waals surface area contributed by atoms with E-state index in [-0.39, 0.29) is 16.3 Å².